The summed E-state index contributed by atoms with van der Waals surface area (Å²) < 4.78 is 26.4. The van der Waals surface area contributed by atoms with E-state index < -0.39 is 11.6 Å². The van der Waals surface area contributed by atoms with Crippen LogP contribution < -0.4 is 10.2 Å². The molecule has 0 radical (unpaired) electrons. The van der Waals surface area contributed by atoms with Crippen molar-refractivity contribution in [3.63, 3.8) is 0 Å². The van der Waals surface area contributed by atoms with Crippen LogP contribution >= 0.6 is 0 Å². The second kappa shape index (κ2) is 7.40. The number of rotatable bonds is 4. The summed E-state index contributed by atoms with van der Waals surface area (Å²) >= 11 is 0. The van der Waals surface area contributed by atoms with Crippen molar-refractivity contribution >= 4 is 17.3 Å². The van der Waals surface area contributed by atoms with Crippen LogP contribution in [-0.2, 0) is 4.79 Å². The molecule has 24 heavy (non-hydrogen) atoms. The molecule has 1 aliphatic heterocycles. The summed E-state index contributed by atoms with van der Waals surface area (Å²) in [6.07, 6.45) is 0. The fraction of sp³-hybridized carbons (Fsp3) is 0.278. The van der Waals surface area contributed by atoms with Gasteiger partial charge in [-0.25, -0.2) is 8.78 Å². The maximum Gasteiger partial charge on any atom is 0.238 e. The monoisotopic (exact) mass is 331 g/mol. The smallest absolute Gasteiger partial charge is 0.238 e. The summed E-state index contributed by atoms with van der Waals surface area (Å²) in [6, 6.07) is 13.2. The lowest BCUT2D eigenvalue weighted by molar-refractivity contribution is -0.117. The van der Waals surface area contributed by atoms with E-state index >= 15 is 0 Å². The molecular weight excluding hydrogens is 312 g/mol. The maximum atomic E-state index is 13.6. The minimum atomic E-state index is -0.766. The van der Waals surface area contributed by atoms with Gasteiger partial charge in [0, 0.05) is 37.9 Å². The number of halogens is 2. The minimum absolute atomic E-state index is 0.00400. The molecule has 6 heteroatoms. The molecule has 0 atom stereocenters. The second-order valence-electron chi connectivity index (χ2n) is 5.77. The van der Waals surface area contributed by atoms with E-state index in [2.05, 4.69) is 22.3 Å². The standard InChI is InChI=1S/C18H19F2N3O/c19-14-6-7-17(16(20)12-14)21-18(24)13-22-8-10-23(11-9-22)15-4-2-1-3-5-15/h1-7,12H,8-11,13H2,(H,21,24). The fourth-order valence-corrected chi connectivity index (χ4v) is 2.79. The number of amides is 1. The molecule has 126 valence electrons. The van der Waals surface area contributed by atoms with Gasteiger partial charge in [-0.1, -0.05) is 18.2 Å². The molecule has 1 fully saturated rings. The van der Waals surface area contributed by atoms with Crippen LogP contribution in [0.25, 0.3) is 0 Å². The van der Waals surface area contributed by atoms with Crippen molar-refractivity contribution in [2.45, 2.75) is 0 Å². The number of carbonyl (C=O) groups excluding carboxylic acids is 1. The molecule has 0 unspecified atom stereocenters. The summed E-state index contributed by atoms with van der Waals surface area (Å²) in [4.78, 5) is 16.3. The highest BCUT2D eigenvalue weighted by Gasteiger charge is 2.19. The van der Waals surface area contributed by atoms with E-state index in [4.69, 9.17) is 0 Å². The van der Waals surface area contributed by atoms with Crippen molar-refractivity contribution in [2.24, 2.45) is 0 Å². The quantitative estimate of drug-likeness (QED) is 0.936. The van der Waals surface area contributed by atoms with Gasteiger partial charge in [-0.2, -0.15) is 0 Å². The summed E-state index contributed by atoms with van der Waals surface area (Å²) in [5.41, 5.74) is 1.18. The summed E-state index contributed by atoms with van der Waals surface area (Å²) in [5, 5.41) is 2.49. The van der Waals surface area contributed by atoms with Crippen LogP contribution in [0.1, 0.15) is 0 Å². The van der Waals surface area contributed by atoms with Gasteiger partial charge in [0.1, 0.15) is 11.6 Å². The van der Waals surface area contributed by atoms with Crippen molar-refractivity contribution in [1.29, 1.82) is 0 Å². The molecule has 0 bridgehead atoms. The van der Waals surface area contributed by atoms with Gasteiger partial charge in [0.25, 0.3) is 0 Å². The number of nitrogens with zero attached hydrogens (tertiary/aromatic N) is 2. The number of hydrogen-bond donors (Lipinski definition) is 1. The van der Waals surface area contributed by atoms with Crippen molar-refractivity contribution in [3.05, 3.63) is 60.2 Å². The Labute approximate surface area is 139 Å². The Balaban J connectivity index is 1.50. The molecule has 1 heterocycles. The lowest BCUT2D eigenvalue weighted by atomic mass is 10.2. The van der Waals surface area contributed by atoms with E-state index in [9.17, 15) is 13.6 Å². The van der Waals surface area contributed by atoms with E-state index in [-0.39, 0.29) is 18.1 Å². The average Bonchev–Trinajstić information content (AvgIpc) is 2.59. The topological polar surface area (TPSA) is 35.6 Å². The van der Waals surface area contributed by atoms with Gasteiger partial charge in [-0.3, -0.25) is 9.69 Å². The van der Waals surface area contributed by atoms with Crippen LogP contribution in [0.3, 0.4) is 0 Å². The Kier molecular flexibility index (Phi) is 5.05. The molecule has 0 saturated carbocycles. The van der Waals surface area contributed by atoms with Crippen LogP contribution in [0.15, 0.2) is 48.5 Å². The predicted molar refractivity (Wildman–Crippen MR) is 90.1 cm³/mol. The number of benzene rings is 2. The lowest BCUT2D eigenvalue weighted by Gasteiger charge is -2.35. The van der Waals surface area contributed by atoms with E-state index in [0.717, 1.165) is 38.3 Å². The van der Waals surface area contributed by atoms with Gasteiger partial charge in [-0.15, -0.1) is 0 Å². The number of nitrogens with one attached hydrogen (secondary N) is 1. The van der Waals surface area contributed by atoms with E-state index in [1.165, 1.54) is 11.8 Å². The first-order chi connectivity index (χ1) is 11.6. The molecule has 4 nitrogen and oxygen atoms in total. The highest BCUT2D eigenvalue weighted by molar-refractivity contribution is 5.92. The summed E-state index contributed by atoms with van der Waals surface area (Å²) in [7, 11) is 0. The molecule has 2 aromatic carbocycles. The van der Waals surface area contributed by atoms with Gasteiger partial charge in [-0.05, 0) is 24.3 Å². The van der Waals surface area contributed by atoms with Crippen LogP contribution in [0.2, 0.25) is 0 Å². The first kappa shape index (κ1) is 16.4. The minimum Gasteiger partial charge on any atom is -0.369 e. The van der Waals surface area contributed by atoms with Crippen molar-refractivity contribution in [2.75, 3.05) is 42.9 Å². The number of anilines is 2. The average molecular weight is 331 g/mol. The van der Waals surface area contributed by atoms with E-state index in [0.29, 0.717) is 0 Å². The zero-order valence-electron chi connectivity index (χ0n) is 13.2. The van der Waals surface area contributed by atoms with Gasteiger partial charge < -0.3 is 10.2 Å². The van der Waals surface area contributed by atoms with Crippen molar-refractivity contribution < 1.29 is 13.6 Å². The molecule has 0 spiro atoms. The summed E-state index contributed by atoms with van der Waals surface area (Å²) in [5.74, 6) is -1.73. The number of para-hydroxylation sites is 1. The highest BCUT2D eigenvalue weighted by atomic mass is 19.1. The molecule has 1 N–H and O–H groups in total. The van der Waals surface area contributed by atoms with Crippen molar-refractivity contribution in [3.8, 4) is 0 Å². The van der Waals surface area contributed by atoms with Crippen LogP contribution in [0.5, 0.6) is 0 Å². The van der Waals surface area contributed by atoms with E-state index in [1.807, 2.05) is 23.1 Å². The third kappa shape index (κ3) is 4.08. The highest BCUT2D eigenvalue weighted by Crippen LogP contribution is 2.17. The largest absolute Gasteiger partial charge is 0.369 e. The molecule has 2 aromatic rings. The Morgan fingerprint density at radius 3 is 2.38 bits per heavy atom. The first-order valence-electron chi connectivity index (χ1n) is 7.89. The number of hydrogen-bond acceptors (Lipinski definition) is 3. The Morgan fingerprint density at radius 1 is 1.00 bits per heavy atom. The Hall–Kier alpha value is -2.47. The maximum absolute atomic E-state index is 13.6. The second-order valence-corrected chi connectivity index (χ2v) is 5.77. The van der Waals surface area contributed by atoms with E-state index in [1.54, 1.807) is 0 Å². The lowest BCUT2D eigenvalue weighted by Crippen LogP contribution is -2.48. The van der Waals surface area contributed by atoms with Crippen LogP contribution in [0.4, 0.5) is 20.2 Å². The van der Waals surface area contributed by atoms with Gasteiger partial charge >= 0.3 is 0 Å². The van der Waals surface area contributed by atoms with Gasteiger partial charge in [0.15, 0.2) is 0 Å². The number of carbonyl (C=O) groups is 1. The van der Waals surface area contributed by atoms with Gasteiger partial charge in [0.05, 0.1) is 12.2 Å². The molecule has 1 saturated heterocycles. The molecule has 1 aliphatic rings. The third-order valence-corrected chi connectivity index (χ3v) is 4.07. The van der Waals surface area contributed by atoms with Crippen LogP contribution in [0, 0.1) is 11.6 Å². The summed E-state index contributed by atoms with van der Waals surface area (Å²) in [6.45, 7) is 3.38. The molecule has 0 aliphatic carbocycles. The Morgan fingerprint density at radius 2 is 1.71 bits per heavy atom. The fourth-order valence-electron chi connectivity index (χ4n) is 2.79. The predicted octanol–water partition coefficient (Wildman–Crippen LogP) is 2.73. The normalized spacial score (nSPS) is 15.3. The zero-order chi connectivity index (χ0) is 16.9. The van der Waals surface area contributed by atoms with Gasteiger partial charge in [0.2, 0.25) is 5.91 Å². The molecular formula is C18H19F2N3O. The first-order valence-corrected chi connectivity index (χ1v) is 7.89. The Bertz CT molecular complexity index is 701. The van der Waals surface area contributed by atoms with Crippen molar-refractivity contribution in [1.82, 2.24) is 4.90 Å². The molecule has 1 amide bonds. The van der Waals surface area contributed by atoms with Crippen LogP contribution in [-0.4, -0.2) is 43.5 Å². The SMILES string of the molecule is O=C(CN1CCN(c2ccccc2)CC1)Nc1ccc(F)cc1F. The number of piperazine rings is 1. The zero-order valence-corrected chi connectivity index (χ0v) is 13.2. The molecule has 0 aromatic heterocycles. The third-order valence-electron chi connectivity index (χ3n) is 4.07. The molecule has 3 rings (SSSR count).